The van der Waals surface area contributed by atoms with E-state index in [9.17, 15) is 0 Å². The van der Waals surface area contributed by atoms with E-state index in [1.807, 2.05) is 0 Å². The molecule has 110 valence electrons. The summed E-state index contributed by atoms with van der Waals surface area (Å²) in [4.78, 5) is 0. The Morgan fingerprint density at radius 1 is 1.20 bits per heavy atom. The summed E-state index contributed by atoms with van der Waals surface area (Å²) in [6.45, 7) is 11.5. The minimum atomic E-state index is -1.69. The second kappa shape index (κ2) is 7.28. The maximum absolute atomic E-state index is 6.52. The van der Waals surface area contributed by atoms with Crippen LogP contribution in [0.2, 0.25) is 18.1 Å². The number of aryl methyl sites for hydroxylation is 1. The zero-order valence-electron chi connectivity index (χ0n) is 13.9. The van der Waals surface area contributed by atoms with Crippen LogP contribution >= 0.6 is 0 Å². The van der Waals surface area contributed by atoms with Crippen LogP contribution in [-0.4, -0.2) is 22.3 Å². The van der Waals surface area contributed by atoms with E-state index in [1.165, 1.54) is 5.56 Å². The summed E-state index contributed by atoms with van der Waals surface area (Å²) in [6.07, 6.45) is 4.58. The Labute approximate surface area is 127 Å². The van der Waals surface area contributed by atoms with E-state index in [2.05, 4.69) is 84.1 Å². The van der Waals surface area contributed by atoms with Crippen LogP contribution in [0.1, 0.15) is 32.8 Å². The Hall–Kier alpha value is -0.798. The molecule has 0 spiro atoms. The van der Waals surface area contributed by atoms with Gasteiger partial charge in [-0.3, -0.25) is 0 Å². The van der Waals surface area contributed by atoms with Gasteiger partial charge in [0.25, 0.3) is 0 Å². The van der Waals surface area contributed by atoms with Crippen molar-refractivity contribution in [3.63, 3.8) is 0 Å². The van der Waals surface area contributed by atoms with E-state index in [1.54, 1.807) is 0 Å². The van der Waals surface area contributed by atoms with Crippen molar-refractivity contribution >= 4 is 16.2 Å². The van der Waals surface area contributed by atoms with Gasteiger partial charge in [0.05, 0.1) is 6.10 Å². The third kappa shape index (κ3) is 5.30. The van der Waals surface area contributed by atoms with Gasteiger partial charge in [0.15, 0.2) is 8.32 Å². The van der Waals surface area contributed by atoms with Gasteiger partial charge in [-0.25, -0.2) is 0 Å². The van der Waals surface area contributed by atoms with Crippen molar-refractivity contribution in [2.75, 3.05) is 0 Å². The van der Waals surface area contributed by atoms with Crippen LogP contribution < -0.4 is 0 Å². The Balaban J connectivity index is 2.66. The highest BCUT2D eigenvalue weighted by atomic mass is 28.4. The van der Waals surface area contributed by atoms with Crippen LogP contribution in [0, 0.1) is 0 Å². The normalized spacial score (nSPS) is 14.7. The summed E-state index contributed by atoms with van der Waals surface area (Å²) >= 11 is 0. The van der Waals surface area contributed by atoms with Gasteiger partial charge in [-0.1, -0.05) is 57.2 Å². The zero-order chi connectivity index (χ0) is 15.2. The molecule has 0 aliphatic heterocycles. The Kier molecular flexibility index (Phi) is 6.28. The predicted molar refractivity (Wildman–Crippen MR) is 94.5 cm³/mol. The Morgan fingerprint density at radius 2 is 1.80 bits per heavy atom. The molecule has 0 saturated heterocycles. The highest BCUT2D eigenvalue weighted by molar-refractivity contribution is 6.74. The molecule has 0 unspecified atom stereocenters. The van der Waals surface area contributed by atoms with Crippen LogP contribution in [0.4, 0.5) is 0 Å². The molecule has 1 rings (SSSR count). The molecule has 0 fully saturated rings. The van der Waals surface area contributed by atoms with Crippen molar-refractivity contribution in [2.45, 2.75) is 57.8 Å². The topological polar surface area (TPSA) is 9.23 Å². The number of rotatable bonds is 6. The first-order valence-electron chi connectivity index (χ1n) is 7.61. The molecule has 0 radical (unpaired) electrons. The standard InChI is InChI=1S/C17H29BOSi/c1-17(2,3)20(4,5)19-16(13-14-18)12-11-15-9-7-6-8-10-15/h6-10,13-14,16H,11-12,18H2,1-5H3/b14-13+/t16-/m0/s1. The van der Waals surface area contributed by atoms with Crippen LogP contribution in [-0.2, 0) is 10.8 Å². The number of benzene rings is 1. The van der Waals surface area contributed by atoms with Gasteiger partial charge in [0.1, 0.15) is 7.85 Å². The lowest BCUT2D eigenvalue weighted by molar-refractivity contribution is 0.215. The molecule has 0 bridgehead atoms. The number of hydrogen-bond donors (Lipinski definition) is 0. The van der Waals surface area contributed by atoms with Crippen molar-refractivity contribution in [1.29, 1.82) is 0 Å². The molecule has 0 aliphatic carbocycles. The van der Waals surface area contributed by atoms with E-state index in [-0.39, 0.29) is 11.1 Å². The molecule has 0 aliphatic rings. The Bertz CT molecular complexity index is 420. The van der Waals surface area contributed by atoms with Crippen molar-refractivity contribution in [3.8, 4) is 0 Å². The van der Waals surface area contributed by atoms with Crippen LogP contribution in [0.25, 0.3) is 0 Å². The van der Waals surface area contributed by atoms with Gasteiger partial charge >= 0.3 is 0 Å². The lowest BCUT2D eigenvalue weighted by atomic mass is 10.0. The smallest absolute Gasteiger partial charge is 0.192 e. The molecular weight excluding hydrogens is 259 g/mol. The molecule has 1 nitrogen and oxygen atoms in total. The summed E-state index contributed by atoms with van der Waals surface area (Å²) in [5.41, 5.74) is 1.39. The summed E-state index contributed by atoms with van der Waals surface area (Å²) in [7, 11) is 0.379. The van der Waals surface area contributed by atoms with Gasteiger partial charge in [-0.15, -0.1) is 5.98 Å². The maximum atomic E-state index is 6.52. The van der Waals surface area contributed by atoms with Crippen molar-refractivity contribution in [1.82, 2.24) is 0 Å². The molecular formula is C17H29BOSi. The summed E-state index contributed by atoms with van der Waals surface area (Å²) in [5.74, 6) is 2.11. The summed E-state index contributed by atoms with van der Waals surface area (Å²) < 4.78 is 6.52. The van der Waals surface area contributed by atoms with Crippen molar-refractivity contribution < 1.29 is 4.43 Å². The predicted octanol–water partition coefficient (Wildman–Crippen LogP) is 4.16. The molecule has 0 saturated carbocycles. The quantitative estimate of drug-likeness (QED) is 0.714. The molecule has 0 aromatic heterocycles. The molecule has 3 heteroatoms. The molecule has 0 N–H and O–H groups in total. The highest BCUT2D eigenvalue weighted by Crippen LogP contribution is 2.37. The van der Waals surface area contributed by atoms with Gasteiger partial charge in [-0.05, 0) is 36.5 Å². The van der Waals surface area contributed by atoms with Crippen LogP contribution in [0.5, 0.6) is 0 Å². The first-order valence-corrected chi connectivity index (χ1v) is 10.5. The zero-order valence-corrected chi connectivity index (χ0v) is 14.9. The maximum Gasteiger partial charge on any atom is 0.192 e. The van der Waals surface area contributed by atoms with Gasteiger partial charge in [0.2, 0.25) is 0 Å². The average Bonchev–Trinajstić information content (AvgIpc) is 2.36. The first-order chi connectivity index (χ1) is 9.26. The van der Waals surface area contributed by atoms with E-state index in [0.717, 1.165) is 12.8 Å². The molecule has 1 aromatic rings. The molecule has 20 heavy (non-hydrogen) atoms. The first kappa shape index (κ1) is 17.3. The van der Waals surface area contributed by atoms with E-state index >= 15 is 0 Å². The third-order valence-corrected chi connectivity index (χ3v) is 8.72. The average molecular weight is 288 g/mol. The Morgan fingerprint density at radius 3 is 2.30 bits per heavy atom. The van der Waals surface area contributed by atoms with E-state index in [4.69, 9.17) is 4.43 Å². The van der Waals surface area contributed by atoms with Crippen molar-refractivity contribution in [3.05, 3.63) is 47.9 Å². The minimum Gasteiger partial charge on any atom is -0.411 e. The van der Waals surface area contributed by atoms with Gasteiger partial charge < -0.3 is 4.43 Å². The molecule has 1 aromatic carbocycles. The lowest BCUT2D eigenvalue weighted by Crippen LogP contribution is -2.43. The molecule has 0 amide bonds. The minimum absolute atomic E-state index is 0.237. The van der Waals surface area contributed by atoms with Crippen LogP contribution in [0.15, 0.2) is 42.4 Å². The summed E-state index contributed by atoms with van der Waals surface area (Å²) in [5, 5.41) is 0.263. The monoisotopic (exact) mass is 288 g/mol. The summed E-state index contributed by atoms with van der Waals surface area (Å²) in [6, 6.07) is 10.7. The highest BCUT2D eigenvalue weighted by Gasteiger charge is 2.38. The SMILES string of the molecule is B/C=C/[C@H](CCc1ccccc1)O[Si](C)(C)C(C)(C)C. The van der Waals surface area contributed by atoms with Crippen LogP contribution in [0.3, 0.4) is 0 Å². The lowest BCUT2D eigenvalue weighted by Gasteiger charge is -2.38. The largest absolute Gasteiger partial charge is 0.411 e. The van der Waals surface area contributed by atoms with E-state index < -0.39 is 8.32 Å². The molecule has 1 atom stereocenters. The second-order valence-electron chi connectivity index (χ2n) is 6.97. The third-order valence-electron chi connectivity index (χ3n) is 4.22. The van der Waals surface area contributed by atoms with Gasteiger partial charge in [-0.2, -0.15) is 0 Å². The fourth-order valence-electron chi connectivity index (χ4n) is 1.92. The molecule has 0 heterocycles. The second-order valence-corrected chi connectivity index (χ2v) is 11.7. The fraction of sp³-hybridized carbons (Fsp3) is 0.529. The van der Waals surface area contributed by atoms with Crippen molar-refractivity contribution in [2.24, 2.45) is 0 Å². The fourth-order valence-corrected chi connectivity index (χ4v) is 3.22. The van der Waals surface area contributed by atoms with Gasteiger partial charge in [0, 0.05) is 0 Å². The number of hydrogen-bond acceptors (Lipinski definition) is 1. The van der Waals surface area contributed by atoms with E-state index in [0.29, 0.717) is 0 Å².